The third kappa shape index (κ3) is 2.52. The highest BCUT2D eigenvalue weighted by atomic mass is 79.9. The number of halogens is 2. The summed E-state index contributed by atoms with van der Waals surface area (Å²) in [5.41, 5.74) is 5.71. The lowest BCUT2D eigenvalue weighted by molar-refractivity contribution is -0.126. The first-order valence-electron chi connectivity index (χ1n) is 5.79. The summed E-state index contributed by atoms with van der Waals surface area (Å²) in [6.07, 6.45) is 0. The van der Waals surface area contributed by atoms with Crippen molar-refractivity contribution >= 4 is 37.5 Å². The Balaban J connectivity index is 2.50. The Kier molecular flexibility index (Phi) is 4.03. The number of nitrogens with two attached hydrogens (primary N) is 1. The Hall–Kier alpha value is -1.19. The Labute approximate surface area is 124 Å². The van der Waals surface area contributed by atoms with Gasteiger partial charge in [-0.15, -0.1) is 0 Å². The number of carbonyl (C=O) groups excluding carboxylic acids is 1. The van der Waals surface area contributed by atoms with Crippen LogP contribution in [0.2, 0.25) is 0 Å². The SMILES string of the molecule is CC1C(=O)NCCN1S(=O)(=O)c1cc(N)c(Br)cc1F. The number of nitrogens with one attached hydrogen (secondary N) is 1. The summed E-state index contributed by atoms with van der Waals surface area (Å²) in [6.45, 7) is 1.73. The number of benzene rings is 1. The molecule has 110 valence electrons. The van der Waals surface area contributed by atoms with Gasteiger partial charge >= 0.3 is 0 Å². The normalized spacial score (nSPS) is 20.8. The topological polar surface area (TPSA) is 92.5 Å². The zero-order chi connectivity index (χ0) is 15.1. The average Bonchev–Trinajstić information content (AvgIpc) is 2.36. The van der Waals surface area contributed by atoms with Crippen molar-refractivity contribution in [2.75, 3.05) is 18.8 Å². The third-order valence-corrected chi connectivity index (χ3v) is 5.75. The zero-order valence-electron chi connectivity index (χ0n) is 10.6. The minimum atomic E-state index is -4.12. The lowest BCUT2D eigenvalue weighted by Crippen LogP contribution is -2.55. The third-order valence-electron chi connectivity index (χ3n) is 3.08. The van der Waals surface area contributed by atoms with Crippen molar-refractivity contribution in [1.82, 2.24) is 9.62 Å². The van der Waals surface area contributed by atoms with Gasteiger partial charge in [0, 0.05) is 23.2 Å². The number of carbonyl (C=O) groups is 1. The van der Waals surface area contributed by atoms with Gasteiger partial charge in [0.15, 0.2) is 0 Å². The first-order valence-corrected chi connectivity index (χ1v) is 8.02. The van der Waals surface area contributed by atoms with Crippen LogP contribution < -0.4 is 11.1 Å². The molecule has 1 aromatic rings. The molecule has 0 radical (unpaired) electrons. The van der Waals surface area contributed by atoms with E-state index in [1.165, 1.54) is 6.92 Å². The maximum atomic E-state index is 13.9. The van der Waals surface area contributed by atoms with Gasteiger partial charge in [0.2, 0.25) is 15.9 Å². The van der Waals surface area contributed by atoms with Crippen LogP contribution in [0.5, 0.6) is 0 Å². The molecule has 1 fully saturated rings. The Morgan fingerprint density at radius 3 is 2.80 bits per heavy atom. The molecule has 1 unspecified atom stereocenters. The van der Waals surface area contributed by atoms with Gasteiger partial charge in [0.1, 0.15) is 16.8 Å². The smallest absolute Gasteiger partial charge is 0.246 e. The number of nitrogens with zero attached hydrogens (tertiary/aromatic N) is 1. The van der Waals surface area contributed by atoms with Gasteiger partial charge in [-0.2, -0.15) is 4.31 Å². The van der Waals surface area contributed by atoms with E-state index in [0.717, 1.165) is 16.4 Å². The minimum Gasteiger partial charge on any atom is -0.398 e. The molecule has 1 amide bonds. The first kappa shape index (κ1) is 15.2. The summed E-state index contributed by atoms with van der Waals surface area (Å²) in [6, 6.07) is 1.16. The number of rotatable bonds is 2. The first-order chi connectivity index (χ1) is 9.25. The Morgan fingerprint density at radius 2 is 2.15 bits per heavy atom. The van der Waals surface area contributed by atoms with Crippen molar-refractivity contribution < 1.29 is 17.6 Å². The molecule has 3 N–H and O–H groups in total. The molecule has 1 aromatic carbocycles. The van der Waals surface area contributed by atoms with Gasteiger partial charge in [0.25, 0.3) is 0 Å². The highest BCUT2D eigenvalue weighted by Crippen LogP contribution is 2.29. The monoisotopic (exact) mass is 365 g/mol. The molecule has 6 nitrogen and oxygen atoms in total. The van der Waals surface area contributed by atoms with Crippen LogP contribution in [0.25, 0.3) is 0 Å². The number of hydrogen-bond acceptors (Lipinski definition) is 4. The fraction of sp³-hybridized carbons (Fsp3) is 0.364. The van der Waals surface area contributed by atoms with Crippen molar-refractivity contribution in [3.05, 3.63) is 22.4 Å². The summed E-state index contributed by atoms with van der Waals surface area (Å²) >= 11 is 3.03. The number of nitrogen functional groups attached to an aromatic ring is 1. The van der Waals surface area contributed by atoms with E-state index in [0.29, 0.717) is 0 Å². The van der Waals surface area contributed by atoms with Crippen LogP contribution in [0.15, 0.2) is 21.5 Å². The predicted octanol–water partition coefficient (Wildman–Crippen LogP) is 0.679. The van der Waals surface area contributed by atoms with Crippen molar-refractivity contribution in [1.29, 1.82) is 0 Å². The Morgan fingerprint density at radius 1 is 1.50 bits per heavy atom. The van der Waals surface area contributed by atoms with E-state index >= 15 is 0 Å². The summed E-state index contributed by atoms with van der Waals surface area (Å²) in [5, 5.41) is 2.55. The van der Waals surface area contributed by atoms with Crippen LogP contribution in [0.3, 0.4) is 0 Å². The van der Waals surface area contributed by atoms with E-state index in [9.17, 15) is 17.6 Å². The minimum absolute atomic E-state index is 0.0879. The van der Waals surface area contributed by atoms with Gasteiger partial charge in [-0.25, -0.2) is 12.8 Å². The van der Waals surface area contributed by atoms with Crippen LogP contribution in [-0.2, 0) is 14.8 Å². The van der Waals surface area contributed by atoms with Crippen molar-refractivity contribution in [3.63, 3.8) is 0 Å². The second-order valence-corrected chi connectivity index (χ2v) is 7.10. The largest absolute Gasteiger partial charge is 0.398 e. The maximum Gasteiger partial charge on any atom is 0.246 e. The molecule has 1 atom stereocenters. The van der Waals surface area contributed by atoms with E-state index in [1.807, 2.05) is 0 Å². The van der Waals surface area contributed by atoms with Crippen LogP contribution in [0.4, 0.5) is 10.1 Å². The lowest BCUT2D eigenvalue weighted by atomic mass is 10.2. The second-order valence-electron chi connectivity index (χ2n) is 4.39. The van der Waals surface area contributed by atoms with Crippen LogP contribution in [0, 0.1) is 5.82 Å². The van der Waals surface area contributed by atoms with E-state index in [-0.39, 0.29) is 23.2 Å². The van der Waals surface area contributed by atoms with E-state index < -0.39 is 32.7 Å². The molecule has 9 heteroatoms. The van der Waals surface area contributed by atoms with E-state index in [2.05, 4.69) is 21.2 Å². The summed E-state index contributed by atoms with van der Waals surface area (Å²) in [7, 11) is -4.12. The van der Waals surface area contributed by atoms with Crippen LogP contribution in [0.1, 0.15) is 6.92 Å². The summed E-state index contributed by atoms with van der Waals surface area (Å²) in [5.74, 6) is -1.32. The average molecular weight is 366 g/mol. The van der Waals surface area contributed by atoms with Gasteiger partial charge in [0.05, 0.1) is 0 Å². The molecule has 1 saturated heterocycles. The standard InChI is InChI=1S/C11H13BrFN3O3S/c1-6-11(17)15-2-3-16(6)20(18,19)10-5-9(14)7(12)4-8(10)13/h4-6H,2-3,14H2,1H3,(H,15,17). The molecule has 0 saturated carbocycles. The van der Waals surface area contributed by atoms with Gasteiger partial charge in [-0.3, -0.25) is 4.79 Å². The molecule has 20 heavy (non-hydrogen) atoms. The quantitative estimate of drug-likeness (QED) is 0.753. The number of anilines is 1. The molecule has 0 aromatic heterocycles. The zero-order valence-corrected chi connectivity index (χ0v) is 13.0. The summed E-state index contributed by atoms with van der Waals surface area (Å²) in [4.78, 5) is 11.0. The van der Waals surface area contributed by atoms with Crippen molar-refractivity contribution in [2.45, 2.75) is 17.9 Å². The Bertz CT molecular complexity index is 665. The molecule has 0 bridgehead atoms. The van der Waals surface area contributed by atoms with Gasteiger partial charge < -0.3 is 11.1 Å². The van der Waals surface area contributed by atoms with Gasteiger partial charge in [-0.1, -0.05) is 0 Å². The number of sulfonamides is 1. The fourth-order valence-electron chi connectivity index (χ4n) is 1.96. The van der Waals surface area contributed by atoms with Crippen LogP contribution in [-0.4, -0.2) is 37.8 Å². The molecular formula is C11H13BrFN3O3S. The highest BCUT2D eigenvalue weighted by molar-refractivity contribution is 9.10. The molecule has 1 aliphatic rings. The molecular weight excluding hydrogens is 353 g/mol. The number of piperazine rings is 1. The van der Waals surface area contributed by atoms with Crippen molar-refractivity contribution in [3.8, 4) is 0 Å². The number of amides is 1. The molecule has 0 spiro atoms. The van der Waals surface area contributed by atoms with E-state index in [1.54, 1.807) is 0 Å². The lowest BCUT2D eigenvalue weighted by Gasteiger charge is -2.31. The van der Waals surface area contributed by atoms with Gasteiger partial charge in [-0.05, 0) is 35.0 Å². The second kappa shape index (κ2) is 5.30. The van der Waals surface area contributed by atoms with E-state index in [4.69, 9.17) is 5.73 Å². The fourth-order valence-corrected chi connectivity index (χ4v) is 3.95. The number of hydrogen-bond donors (Lipinski definition) is 2. The predicted molar refractivity (Wildman–Crippen MR) is 74.9 cm³/mol. The van der Waals surface area contributed by atoms with Crippen molar-refractivity contribution in [2.24, 2.45) is 0 Å². The maximum absolute atomic E-state index is 13.9. The molecule has 2 rings (SSSR count). The summed E-state index contributed by atoms with van der Waals surface area (Å²) < 4.78 is 40.1. The van der Waals surface area contributed by atoms with Crippen LogP contribution >= 0.6 is 15.9 Å². The molecule has 1 aliphatic heterocycles. The molecule has 0 aliphatic carbocycles. The highest BCUT2D eigenvalue weighted by Gasteiger charge is 2.37. The molecule has 1 heterocycles.